The van der Waals surface area contributed by atoms with Gasteiger partial charge in [0.1, 0.15) is 0 Å². The van der Waals surface area contributed by atoms with Crippen LogP contribution in [-0.4, -0.2) is 52.2 Å². The third-order valence-corrected chi connectivity index (χ3v) is 5.85. The molecular weight excluding hydrogens is 318 g/mol. The molecule has 3 aliphatic rings. The monoisotopic (exact) mass is 347 g/mol. The molecule has 0 aromatic carbocycles. The number of ether oxygens (including phenoxy) is 2. The van der Waals surface area contributed by atoms with Gasteiger partial charge in [-0.25, -0.2) is 0 Å². The van der Waals surface area contributed by atoms with E-state index in [4.69, 9.17) is 9.47 Å². The van der Waals surface area contributed by atoms with Crippen LogP contribution in [0.2, 0.25) is 0 Å². The molecule has 2 aliphatic heterocycles. The van der Waals surface area contributed by atoms with Gasteiger partial charge in [0.15, 0.2) is 5.79 Å². The average molecular weight is 347 g/mol. The molecule has 1 saturated carbocycles. The first-order valence-electron chi connectivity index (χ1n) is 9.71. The highest BCUT2D eigenvalue weighted by Gasteiger charge is 2.44. The number of rotatable bonds is 4. The molecule has 3 heterocycles. The fraction of sp³-hybridized carbons (Fsp3) is 0.789. The van der Waals surface area contributed by atoms with E-state index in [1.165, 1.54) is 12.8 Å². The molecular formula is C19H29N3O3. The van der Waals surface area contributed by atoms with Gasteiger partial charge in [0.25, 0.3) is 5.91 Å². The molecule has 6 heteroatoms. The second-order valence-corrected chi connectivity index (χ2v) is 7.86. The van der Waals surface area contributed by atoms with Crippen molar-refractivity contribution in [3.05, 3.63) is 17.5 Å². The van der Waals surface area contributed by atoms with Crippen molar-refractivity contribution in [3.8, 4) is 0 Å². The molecule has 6 nitrogen and oxygen atoms in total. The Morgan fingerprint density at radius 3 is 2.68 bits per heavy atom. The number of amides is 1. The number of likely N-dealkylation sites (tertiary alicyclic amines) is 1. The zero-order chi connectivity index (χ0) is 17.6. The van der Waals surface area contributed by atoms with E-state index in [2.05, 4.69) is 23.6 Å². The molecule has 0 radical (unpaired) electrons. The highest BCUT2D eigenvalue weighted by atomic mass is 16.7. The molecule has 0 bridgehead atoms. The molecule has 138 valence electrons. The molecule has 2 saturated heterocycles. The summed E-state index contributed by atoms with van der Waals surface area (Å²) in [5.74, 6) is 0.169. The SMILES string of the molecule is CC[C@@H](C)n1ncc(C(=O)N2CCC3(CC2)OC[C@H](C)O3)c1C1CC1. The normalized spacial score (nSPS) is 27.0. The fourth-order valence-corrected chi connectivity index (χ4v) is 4.01. The molecule has 1 amide bonds. The second-order valence-electron chi connectivity index (χ2n) is 7.86. The second kappa shape index (κ2) is 6.40. The number of hydrogen-bond acceptors (Lipinski definition) is 4. The lowest BCUT2D eigenvalue weighted by Gasteiger charge is -2.37. The van der Waals surface area contributed by atoms with Crippen LogP contribution in [0.4, 0.5) is 0 Å². The third-order valence-electron chi connectivity index (χ3n) is 5.85. The van der Waals surface area contributed by atoms with Crippen molar-refractivity contribution >= 4 is 5.91 Å². The van der Waals surface area contributed by atoms with Gasteiger partial charge in [0.2, 0.25) is 0 Å². The minimum absolute atomic E-state index is 0.123. The molecule has 1 aromatic heterocycles. The molecule has 1 aromatic rings. The number of nitrogens with zero attached hydrogens (tertiary/aromatic N) is 3. The van der Waals surface area contributed by atoms with E-state index in [1.807, 2.05) is 11.8 Å². The molecule has 2 atom stereocenters. The number of hydrogen-bond donors (Lipinski definition) is 0. The van der Waals surface area contributed by atoms with Gasteiger partial charge < -0.3 is 14.4 Å². The molecule has 3 fully saturated rings. The van der Waals surface area contributed by atoms with E-state index in [9.17, 15) is 4.79 Å². The fourth-order valence-electron chi connectivity index (χ4n) is 4.01. The van der Waals surface area contributed by atoms with Gasteiger partial charge in [-0.1, -0.05) is 6.92 Å². The molecule has 25 heavy (non-hydrogen) atoms. The first kappa shape index (κ1) is 17.0. The van der Waals surface area contributed by atoms with Crippen molar-refractivity contribution in [2.24, 2.45) is 0 Å². The van der Waals surface area contributed by atoms with Gasteiger partial charge in [-0.15, -0.1) is 0 Å². The predicted octanol–water partition coefficient (Wildman–Crippen LogP) is 3.10. The van der Waals surface area contributed by atoms with Crippen LogP contribution in [0.3, 0.4) is 0 Å². The summed E-state index contributed by atoms with van der Waals surface area (Å²) in [6.07, 6.45) is 6.81. The zero-order valence-corrected chi connectivity index (χ0v) is 15.5. The Kier molecular flexibility index (Phi) is 4.36. The maximum atomic E-state index is 13.1. The van der Waals surface area contributed by atoms with E-state index in [0.717, 1.165) is 30.5 Å². The van der Waals surface area contributed by atoms with E-state index in [1.54, 1.807) is 6.20 Å². The summed E-state index contributed by atoms with van der Waals surface area (Å²) in [6, 6.07) is 0.337. The zero-order valence-electron chi connectivity index (χ0n) is 15.5. The number of carbonyl (C=O) groups excluding carboxylic acids is 1. The van der Waals surface area contributed by atoms with Gasteiger partial charge in [-0.05, 0) is 33.1 Å². The summed E-state index contributed by atoms with van der Waals surface area (Å²) < 4.78 is 13.9. The molecule has 1 spiro atoms. The number of carbonyl (C=O) groups is 1. The number of aromatic nitrogens is 2. The topological polar surface area (TPSA) is 56.6 Å². The summed E-state index contributed by atoms with van der Waals surface area (Å²) in [4.78, 5) is 15.1. The highest BCUT2D eigenvalue weighted by Crippen LogP contribution is 2.43. The van der Waals surface area contributed by atoms with Gasteiger partial charge in [-0.2, -0.15) is 5.10 Å². The van der Waals surface area contributed by atoms with Gasteiger partial charge >= 0.3 is 0 Å². The Labute approximate surface area is 149 Å². The molecule has 1 aliphatic carbocycles. The van der Waals surface area contributed by atoms with Gasteiger partial charge in [-0.3, -0.25) is 9.48 Å². The van der Waals surface area contributed by atoms with E-state index in [0.29, 0.717) is 31.7 Å². The summed E-state index contributed by atoms with van der Waals surface area (Å²) in [7, 11) is 0. The maximum absolute atomic E-state index is 13.1. The average Bonchev–Trinajstić information content (AvgIpc) is 3.27. The van der Waals surface area contributed by atoms with Crippen LogP contribution >= 0.6 is 0 Å². The van der Waals surface area contributed by atoms with Crippen molar-refractivity contribution < 1.29 is 14.3 Å². The minimum Gasteiger partial charge on any atom is -0.347 e. The van der Waals surface area contributed by atoms with Crippen LogP contribution in [0.25, 0.3) is 0 Å². The van der Waals surface area contributed by atoms with E-state index >= 15 is 0 Å². The summed E-state index contributed by atoms with van der Waals surface area (Å²) in [5, 5.41) is 4.56. The Morgan fingerprint density at radius 2 is 2.12 bits per heavy atom. The number of piperidine rings is 1. The summed E-state index contributed by atoms with van der Waals surface area (Å²) in [5.41, 5.74) is 1.96. The van der Waals surface area contributed by atoms with Crippen LogP contribution in [-0.2, 0) is 9.47 Å². The van der Waals surface area contributed by atoms with Gasteiger partial charge in [0, 0.05) is 37.9 Å². The largest absolute Gasteiger partial charge is 0.347 e. The summed E-state index contributed by atoms with van der Waals surface area (Å²) >= 11 is 0. The van der Waals surface area contributed by atoms with Crippen molar-refractivity contribution in [1.82, 2.24) is 14.7 Å². The Balaban J connectivity index is 1.49. The lowest BCUT2D eigenvalue weighted by atomic mass is 10.0. The smallest absolute Gasteiger partial charge is 0.257 e. The third kappa shape index (κ3) is 3.10. The van der Waals surface area contributed by atoms with Crippen molar-refractivity contribution in [2.75, 3.05) is 19.7 Å². The molecule has 0 unspecified atom stereocenters. The van der Waals surface area contributed by atoms with Crippen molar-refractivity contribution in [1.29, 1.82) is 0 Å². The maximum Gasteiger partial charge on any atom is 0.257 e. The summed E-state index contributed by atoms with van der Waals surface area (Å²) in [6.45, 7) is 8.40. The molecule has 0 N–H and O–H groups in total. The van der Waals surface area contributed by atoms with Crippen LogP contribution in [0.1, 0.15) is 80.9 Å². The first-order valence-corrected chi connectivity index (χ1v) is 9.71. The lowest BCUT2D eigenvalue weighted by molar-refractivity contribution is -0.189. The van der Waals surface area contributed by atoms with E-state index in [-0.39, 0.29) is 12.0 Å². The Morgan fingerprint density at radius 1 is 1.40 bits per heavy atom. The van der Waals surface area contributed by atoms with Crippen LogP contribution in [0.15, 0.2) is 6.20 Å². The molecule has 4 rings (SSSR count). The first-order chi connectivity index (χ1) is 12.0. The van der Waals surface area contributed by atoms with Crippen LogP contribution in [0.5, 0.6) is 0 Å². The van der Waals surface area contributed by atoms with Crippen LogP contribution in [0, 0.1) is 0 Å². The van der Waals surface area contributed by atoms with Crippen molar-refractivity contribution in [2.45, 2.75) is 76.7 Å². The van der Waals surface area contributed by atoms with Gasteiger partial charge in [0.05, 0.1) is 30.2 Å². The predicted molar refractivity (Wildman–Crippen MR) is 93.6 cm³/mol. The van der Waals surface area contributed by atoms with Crippen LogP contribution < -0.4 is 0 Å². The highest BCUT2D eigenvalue weighted by molar-refractivity contribution is 5.95. The van der Waals surface area contributed by atoms with E-state index < -0.39 is 5.79 Å². The Bertz CT molecular complexity index is 644. The lowest BCUT2D eigenvalue weighted by Crippen LogP contribution is -2.47. The van der Waals surface area contributed by atoms with Crippen molar-refractivity contribution in [3.63, 3.8) is 0 Å². The Hall–Kier alpha value is -1.40. The minimum atomic E-state index is -0.462. The quantitative estimate of drug-likeness (QED) is 0.840. The standard InChI is InChI=1S/C19H29N3O3/c1-4-13(2)22-17(15-5-6-15)16(11-20-22)18(23)21-9-7-19(8-10-21)24-12-14(3)25-19/h11,13-15H,4-10,12H2,1-3H3/t13-,14+/m1/s1.